The van der Waals surface area contributed by atoms with Gasteiger partial charge < -0.3 is 9.47 Å². The van der Waals surface area contributed by atoms with Gasteiger partial charge in [-0.05, 0) is 13.5 Å². The fourth-order valence-corrected chi connectivity index (χ4v) is 0.388. The summed E-state index contributed by atoms with van der Waals surface area (Å²) in [6.45, 7) is 8.60. The Morgan fingerprint density at radius 2 is 2.09 bits per heavy atom. The van der Waals surface area contributed by atoms with Gasteiger partial charge in [0.1, 0.15) is 5.03 Å². The first-order valence-corrected chi connectivity index (χ1v) is 3.34. The van der Waals surface area contributed by atoms with Gasteiger partial charge in [0.2, 0.25) is 0 Å². The first kappa shape index (κ1) is 10.0. The third kappa shape index (κ3) is 4.44. The van der Waals surface area contributed by atoms with Crippen LogP contribution in [0.5, 0.6) is 0 Å². The summed E-state index contributed by atoms with van der Waals surface area (Å²) in [4.78, 5) is 10.6. The van der Waals surface area contributed by atoms with Gasteiger partial charge in [-0.2, -0.15) is 0 Å². The zero-order chi connectivity index (χ0) is 8.85. The number of esters is 1. The topological polar surface area (TPSA) is 35.5 Å². The molecule has 3 nitrogen and oxygen atoms in total. The molecule has 0 saturated heterocycles. The molecule has 0 radical (unpaired) electrons. The molecule has 0 aromatic heterocycles. The molecule has 0 atom stereocenters. The average molecular weight is 177 g/mol. The molecular formula is C7H9ClO3. The minimum atomic E-state index is -0.745. The Labute approximate surface area is 70.2 Å². The van der Waals surface area contributed by atoms with E-state index in [0.29, 0.717) is 6.61 Å². The molecule has 0 saturated carbocycles. The van der Waals surface area contributed by atoms with Crippen LogP contribution in [0.4, 0.5) is 0 Å². The van der Waals surface area contributed by atoms with E-state index in [-0.39, 0.29) is 11.0 Å². The van der Waals surface area contributed by atoms with Crippen molar-refractivity contribution in [2.24, 2.45) is 0 Å². The van der Waals surface area contributed by atoms with E-state index in [1.165, 1.54) is 0 Å². The van der Waals surface area contributed by atoms with E-state index in [1.807, 2.05) is 0 Å². The summed E-state index contributed by atoms with van der Waals surface area (Å²) < 4.78 is 9.19. The molecule has 11 heavy (non-hydrogen) atoms. The molecule has 0 rings (SSSR count). The van der Waals surface area contributed by atoms with Crippen LogP contribution in [-0.4, -0.2) is 12.6 Å². The van der Waals surface area contributed by atoms with Crippen molar-refractivity contribution in [2.75, 3.05) is 6.61 Å². The van der Waals surface area contributed by atoms with Crippen LogP contribution in [-0.2, 0) is 14.3 Å². The minimum Gasteiger partial charge on any atom is -0.466 e. The van der Waals surface area contributed by atoms with Crippen molar-refractivity contribution in [1.82, 2.24) is 0 Å². The van der Waals surface area contributed by atoms with Gasteiger partial charge in [0.05, 0.1) is 6.61 Å². The van der Waals surface area contributed by atoms with Gasteiger partial charge in [-0.3, -0.25) is 0 Å². The van der Waals surface area contributed by atoms with Crippen molar-refractivity contribution in [3.8, 4) is 0 Å². The highest BCUT2D eigenvalue weighted by Gasteiger charge is 2.07. The predicted octanol–water partition coefficient (Wildman–Crippen LogP) is 1.79. The summed E-state index contributed by atoms with van der Waals surface area (Å²) in [5.74, 6) is -0.815. The van der Waals surface area contributed by atoms with Gasteiger partial charge in [-0.15, -0.1) is 0 Å². The number of hydrogen-bond acceptors (Lipinski definition) is 3. The molecule has 0 aliphatic heterocycles. The molecule has 0 bridgehead atoms. The molecule has 0 aliphatic carbocycles. The van der Waals surface area contributed by atoms with E-state index >= 15 is 0 Å². The predicted molar refractivity (Wildman–Crippen MR) is 41.9 cm³/mol. The van der Waals surface area contributed by atoms with Gasteiger partial charge in [-0.1, -0.05) is 18.2 Å². The zero-order valence-electron chi connectivity index (χ0n) is 6.22. The van der Waals surface area contributed by atoms with E-state index in [0.717, 1.165) is 0 Å². The molecular weight excluding hydrogens is 168 g/mol. The molecule has 0 aromatic carbocycles. The number of carbonyl (C=O) groups excluding carboxylic acids is 1. The van der Waals surface area contributed by atoms with Crippen molar-refractivity contribution in [3.05, 3.63) is 24.1 Å². The summed E-state index contributed by atoms with van der Waals surface area (Å²) in [5.41, 5.74) is 0. The fourth-order valence-electron chi connectivity index (χ4n) is 0.349. The summed E-state index contributed by atoms with van der Waals surface area (Å²) >= 11 is 5.21. The van der Waals surface area contributed by atoms with E-state index in [1.54, 1.807) is 6.92 Å². The van der Waals surface area contributed by atoms with Crippen LogP contribution < -0.4 is 0 Å². The van der Waals surface area contributed by atoms with E-state index in [2.05, 4.69) is 17.9 Å². The summed E-state index contributed by atoms with van der Waals surface area (Å²) in [5, 5.41) is -0.203. The van der Waals surface area contributed by atoms with Gasteiger partial charge in [0, 0.05) is 0 Å². The molecule has 0 N–H and O–H groups in total. The Kier molecular flexibility index (Phi) is 4.38. The molecule has 0 spiro atoms. The molecule has 4 heteroatoms. The minimum absolute atomic E-state index is 0.0701. The van der Waals surface area contributed by atoms with Crippen LogP contribution in [0.25, 0.3) is 0 Å². The molecule has 0 amide bonds. The normalized spacial score (nSPS) is 8.55. The number of ether oxygens (including phenoxy) is 2. The van der Waals surface area contributed by atoms with Crippen LogP contribution in [0.15, 0.2) is 24.1 Å². The summed E-state index contributed by atoms with van der Waals surface area (Å²) in [6, 6.07) is 0. The molecule has 0 unspecified atom stereocenters. The number of carbonyl (C=O) groups is 1. The Hall–Kier alpha value is -0.960. The van der Waals surface area contributed by atoms with Crippen molar-refractivity contribution in [1.29, 1.82) is 0 Å². The first-order valence-electron chi connectivity index (χ1n) is 2.96. The Balaban J connectivity index is 3.76. The Morgan fingerprint density at radius 1 is 1.55 bits per heavy atom. The molecule has 0 fully saturated rings. The highest BCUT2D eigenvalue weighted by molar-refractivity contribution is 6.40. The van der Waals surface area contributed by atoms with Crippen LogP contribution in [0.2, 0.25) is 0 Å². The van der Waals surface area contributed by atoms with Crippen molar-refractivity contribution >= 4 is 17.6 Å². The number of hydrogen-bond donors (Lipinski definition) is 0. The van der Waals surface area contributed by atoms with Gasteiger partial charge >= 0.3 is 5.97 Å². The fraction of sp³-hybridized carbons (Fsp3) is 0.286. The second-order valence-electron chi connectivity index (χ2n) is 1.60. The van der Waals surface area contributed by atoms with Crippen LogP contribution in [0.3, 0.4) is 0 Å². The zero-order valence-corrected chi connectivity index (χ0v) is 6.98. The van der Waals surface area contributed by atoms with E-state index in [4.69, 9.17) is 16.3 Å². The third-order valence-corrected chi connectivity index (χ3v) is 0.888. The van der Waals surface area contributed by atoms with E-state index < -0.39 is 5.97 Å². The lowest BCUT2D eigenvalue weighted by molar-refractivity contribution is -0.139. The lowest BCUT2D eigenvalue weighted by atomic mass is 10.6. The second-order valence-corrected chi connectivity index (χ2v) is 2.06. The summed E-state index contributed by atoms with van der Waals surface area (Å²) in [7, 11) is 0. The average Bonchev–Trinajstić information content (AvgIpc) is 1.87. The highest BCUT2D eigenvalue weighted by Crippen LogP contribution is 2.04. The largest absolute Gasteiger partial charge is 0.466 e. The smallest absolute Gasteiger partial charge is 0.356 e. The van der Waals surface area contributed by atoms with Crippen molar-refractivity contribution in [3.63, 3.8) is 0 Å². The van der Waals surface area contributed by atoms with Gasteiger partial charge in [-0.25, -0.2) is 4.79 Å². The van der Waals surface area contributed by atoms with Crippen molar-refractivity contribution < 1.29 is 14.3 Å². The van der Waals surface area contributed by atoms with E-state index in [9.17, 15) is 4.79 Å². The highest BCUT2D eigenvalue weighted by atomic mass is 35.5. The summed E-state index contributed by atoms with van der Waals surface area (Å²) in [6.07, 6.45) is 0. The maximum Gasteiger partial charge on any atom is 0.356 e. The quantitative estimate of drug-likeness (QED) is 0.372. The van der Waals surface area contributed by atoms with Crippen LogP contribution in [0.1, 0.15) is 6.92 Å². The molecule has 0 aliphatic rings. The van der Waals surface area contributed by atoms with Crippen molar-refractivity contribution in [2.45, 2.75) is 6.92 Å². The standard InChI is InChI=1S/C7H9ClO3/c1-4-10-6(3)11-7(9)5(2)8/h2-4H2,1H3. The lowest BCUT2D eigenvalue weighted by Gasteiger charge is -2.05. The molecule has 0 aromatic rings. The van der Waals surface area contributed by atoms with Crippen LogP contribution >= 0.6 is 11.6 Å². The van der Waals surface area contributed by atoms with Gasteiger partial charge in [0.25, 0.3) is 5.95 Å². The SMILES string of the molecule is C=C(OCC)OC(=O)C(=C)Cl. The Bertz CT molecular complexity index is 186. The van der Waals surface area contributed by atoms with Gasteiger partial charge in [0.15, 0.2) is 0 Å². The molecule has 0 heterocycles. The maximum absolute atomic E-state index is 10.6. The number of rotatable bonds is 4. The van der Waals surface area contributed by atoms with Crippen LogP contribution in [0, 0.1) is 0 Å². The molecule has 62 valence electrons. The Morgan fingerprint density at radius 3 is 2.45 bits per heavy atom. The lowest BCUT2D eigenvalue weighted by Crippen LogP contribution is -2.05. The monoisotopic (exact) mass is 176 g/mol. The maximum atomic E-state index is 10.6. The third-order valence-electron chi connectivity index (χ3n) is 0.733. The first-order chi connectivity index (χ1) is 5.07. The second kappa shape index (κ2) is 4.79. The number of halogens is 1.